The Balaban J connectivity index is 1.68. The van der Waals surface area contributed by atoms with Gasteiger partial charge in [-0.05, 0) is 36.6 Å². The Morgan fingerprint density at radius 2 is 2.06 bits per heavy atom. The van der Waals surface area contributed by atoms with Crippen LogP contribution in [0.2, 0.25) is 5.02 Å². The van der Waals surface area contributed by atoms with Gasteiger partial charge < -0.3 is 19.9 Å². The topological polar surface area (TPSA) is 136 Å². The minimum atomic E-state index is -4.02. The molecule has 13 heteroatoms. The van der Waals surface area contributed by atoms with Gasteiger partial charge in [0.15, 0.2) is 15.1 Å². The first kappa shape index (κ1) is 26.3. The molecule has 0 radical (unpaired) electrons. The first-order chi connectivity index (χ1) is 17.1. The molecule has 1 fully saturated rings. The van der Waals surface area contributed by atoms with Gasteiger partial charge in [0.25, 0.3) is 5.56 Å². The van der Waals surface area contributed by atoms with Gasteiger partial charge in [0.05, 0.1) is 34.1 Å². The Morgan fingerprint density at radius 3 is 2.72 bits per heavy atom. The number of nitrogens with one attached hydrogen (secondary N) is 2. The molecule has 1 saturated carbocycles. The molecule has 0 spiro atoms. The number of aromatic nitrogens is 2. The van der Waals surface area contributed by atoms with Crippen molar-refractivity contribution in [2.24, 2.45) is 7.05 Å². The van der Waals surface area contributed by atoms with Crippen molar-refractivity contribution in [3.63, 3.8) is 0 Å². The van der Waals surface area contributed by atoms with E-state index in [1.807, 2.05) is 0 Å². The number of rotatable bonds is 10. The summed E-state index contributed by atoms with van der Waals surface area (Å²) in [6, 6.07) is 6.60. The minimum Gasteiger partial charge on any atom is -0.384 e. The van der Waals surface area contributed by atoms with Gasteiger partial charge in [-0.25, -0.2) is 13.4 Å². The van der Waals surface area contributed by atoms with Gasteiger partial charge in [0.2, 0.25) is 11.8 Å². The summed E-state index contributed by atoms with van der Waals surface area (Å²) in [5.41, 5.74) is 1.39. The van der Waals surface area contributed by atoms with Gasteiger partial charge in [0, 0.05) is 38.0 Å². The van der Waals surface area contributed by atoms with Crippen molar-refractivity contribution in [1.82, 2.24) is 20.2 Å². The molecule has 2 N–H and O–H groups in total. The molecule has 1 aliphatic rings. The molecule has 0 bridgehead atoms. The molecular formula is C23H25ClN4O6S2. The molecule has 3 aromatic rings. The molecule has 4 rings (SSSR count). The molecule has 1 aliphatic carbocycles. The molecule has 0 aliphatic heterocycles. The highest BCUT2D eigenvalue weighted by Gasteiger charge is 2.37. The Bertz CT molecular complexity index is 1480. The fourth-order valence-corrected chi connectivity index (χ4v) is 6.75. The zero-order valence-corrected chi connectivity index (χ0v) is 22.0. The van der Waals surface area contributed by atoms with Crippen molar-refractivity contribution >= 4 is 54.8 Å². The van der Waals surface area contributed by atoms with E-state index in [1.165, 1.54) is 17.7 Å². The number of hydrogen-bond acceptors (Lipinski definition) is 8. The highest BCUT2D eigenvalue weighted by Crippen LogP contribution is 2.37. The number of ether oxygens (including phenoxy) is 1. The molecule has 1 aromatic carbocycles. The average molecular weight is 553 g/mol. The van der Waals surface area contributed by atoms with Crippen LogP contribution in [0.4, 0.5) is 0 Å². The number of pyridine rings is 1. The molecule has 1 atom stereocenters. The highest BCUT2D eigenvalue weighted by molar-refractivity contribution is 7.92. The lowest BCUT2D eigenvalue weighted by atomic mass is 10.1. The maximum absolute atomic E-state index is 13.1. The second-order valence-electron chi connectivity index (χ2n) is 8.52. The average Bonchev–Trinajstić information content (AvgIpc) is 3.55. The van der Waals surface area contributed by atoms with E-state index in [-0.39, 0.29) is 35.7 Å². The van der Waals surface area contributed by atoms with Crippen LogP contribution in [0.25, 0.3) is 21.3 Å². The Labute approximate surface area is 216 Å². The third-order valence-corrected chi connectivity index (χ3v) is 9.10. The molecule has 192 valence electrons. The van der Waals surface area contributed by atoms with Crippen LogP contribution in [0.3, 0.4) is 0 Å². The lowest BCUT2D eigenvalue weighted by molar-refractivity contribution is -0.126. The number of hydrogen-bond donors (Lipinski definition) is 2. The summed E-state index contributed by atoms with van der Waals surface area (Å²) < 4.78 is 33.2. The third-order valence-electron chi connectivity index (χ3n) is 5.67. The summed E-state index contributed by atoms with van der Waals surface area (Å²) in [5, 5.41) is 3.94. The lowest BCUT2D eigenvalue weighted by Crippen LogP contribution is -2.41. The third kappa shape index (κ3) is 5.94. The number of halogens is 1. The minimum absolute atomic E-state index is 0.0541. The smallest absolute Gasteiger partial charge is 0.250 e. The summed E-state index contributed by atoms with van der Waals surface area (Å²) in [6.45, 7) is -0.437. The van der Waals surface area contributed by atoms with Crippen LogP contribution in [-0.4, -0.2) is 61.8 Å². The molecular weight excluding hydrogens is 528 g/mol. The van der Waals surface area contributed by atoms with E-state index < -0.39 is 26.7 Å². The van der Waals surface area contributed by atoms with Crippen LogP contribution in [0, 0.1) is 0 Å². The van der Waals surface area contributed by atoms with E-state index in [0.29, 0.717) is 26.4 Å². The normalized spacial score (nSPS) is 14.5. The van der Waals surface area contributed by atoms with Gasteiger partial charge in [-0.2, -0.15) is 0 Å². The van der Waals surface area contributed by atoms with Crippen LogP contribution in [0.15, 0.2) is 35.3 Å². The second kappa shape index (κ2) is 10.7. The number of aryl methyl sites for hydroxylation is 1. The summed E-state index contributed by atoms with van der Waals surface area (Å²) in [6.07, 6.45) is 3.40. The first-order valence-corrected chi connectivity index (χ1v) is 14.0. The van der Waals surface area contributed by atoms with Crippen molar-refractivity contribution in [3.8, 4) is 11.1 Å². The lowest BCUT2D eigenvalue weighted by Gasteiger charge is -2.15. The maximum Gasteiger partial charge on any atom is 0.250 e. The van der Waals surface area contributed by atoms with Gasteiger partial charge in [-0.15, -0.1) is 11.3 Å². The SMILES string of the molecule is COCCS(=O)(=O)C(C(=O)NCC(=O)NC1CC1)c1nc2cc(Cl)c(-c3ccn(C)c(=O)c3)cc2s1. The van der Waals surface area contributed by atoms with Gasteiger partial charge >= 0.3 is 0 Å². The number of methoxy groups -OCH3 is 1. The molecule has 10 nitrogen and oxygen atoms in total. The van der Waals surface area contributed by atoms with Crippen molar-refractivity contribution in [1.29, 1.82) is 0 Å². The summed E-state index contributed by atoms with van der Waals surface area (Å²) in [4.78, 5) is 41.6. The van der Waals surface area contributed by atoms with Gasteiger partial charge in [-0.3, -0.25) is 14.4 Å². The van der Waals surface area contributed by atoms with E-state index in [9.17, 15) is 22.8 Å². The molecule has 36 heavy (non-hydrogen) atoms. The number of thiazole rings is 1. The van der Waals surface area contributed by atoms with E-state index in [2.05, 4.69) is 15.6 Å². The number of sulfone groups is 1. The van der Waals surface area contributed by atoms with E-state index >= 15 is 0 Å². The second-order valence-corrected chi connectivity index (χ2v) is 12.2. The summed E-state index contributed by atoms with van der Waals surface area (Å²) in [7, 11) is -1.02. The van der Waals surface area contributed by atoms with Gasteiger partial charge in [0.1, 0.15) is 5.01 Å². The number of nitrogens with zero attached hydrogens (tertiary/aromatic N) is 2. The number of benzene rings is 1. The molecule has 2 heterocycles. The highest BCUT2D eigenvalue weighted by atomic mass is 35.5. The van der Waals surface area contributed by atoms with E-state index in [4.69, 9.17) is 16.3 Å². The van der Waals surface area contributed by atoms with Gasteiger partial charge in [-0.1, -0.05) is 11.6 Å². The van der Waals surface area contributed by atoms with Crippen LogP contribution in [-0.2, 0) is 31.2 Å². The molecule has 2 amide bonds. The predicted molar refractivity (Wildman–Crippen MR) is 138 cm³/mol. The fourth-order valence-electron chi connectivity index (χ4n) is 3.53. The fraction of sp³-hybridized carbons (Fsp3) is 0.391. The standard InChI is InChI=1S/C23H25ClN4O6S2/c1-28-6-5-13(9-20(28)30)15-10-18-17(11-16(15)24)27-23(35-18)21(36(32,33)8-7-34-2)22(31)25-12-19(29)26-14-3-4-14/h5-6,9-11,14,21H,3-4,7-8,12H2,1-2H3,(H,25,31)(H,26,29). The van der Waals surface area contributed by atoms with Crippen molar-refractivity contribution in [2.45, 2.75) is 24.1 Å². The van der Waals surface area contributed by atoms with Crippen molar-refractivity contribution in [2.75, 3.05) is 26.0 Å². The molecule has 0 saturated heterocycles. The number of carbonyl (C=O) groups is 2. The predicted octanol–water partition coefficient (Wildman–Crippen LogP) is 1.81. The largest absolute Gasteiger partial charge is 0.384 e. The number of fused-ring (bicyclic) bond motifs is 1. The van der Waals surface area contributed by atoms with Crippen LogP contribution < -0.4 is 16.2 Å². The quantitative estimate of drug-likeness (QED) is 0.391. The Kier molecular flexibility index (Phi) is 7.79. The number of carbonyl (C=O) groups excluding carboxylic acids is 2. The first-order valence-electron chi connectivity index (χ1n) is 11.1. The molecule has 1 unspecified atom stereocenters. The Hall–Kier alpha value is -2.80. The zero-order chi connectivity index (χ0) is 26.0. The number of amides is 2. The van der Waals surface area contributed by atoms with Crippen LogP contribution in [0.5, 0.6) is 0 Å². The maximum atomic E-state index is 13.1. The summed E-state index contributed by atoms with van der Waals surface area (Å²) in [5.74, 6) is -1.62. The van der Waals surface area contributed by atoms with Crippen molar-refractivity contribution in [3.05, 3.63) is 50.8 Å². The molecule has 2 aromatic heterocycles. The summed E-state index contributed by atoms with van der Waals surface area (Å²) >= 11 is 7.51. The van der Waals surface area contributed by atoms with E-state index in [0.717, 1.165) is 24.2 Å². The van der Waals surface area contributed by atoms with Crippen LogP contribution in [0.1, 0.15) is 23.1 Å². The zero-order valence-electron chi connectivity index (χ0n) is 19.6. The van der Waals surface area contributed by atoms with Crippen LogP contribution >= 0.6 is 22.9 Å². The Morgan fingerprint density at radius 1 is 1.31 bits per heavy atom. The van der Waals surface area contributed by atoms with E-state index in [1.54, 1.807) is 31.4 Å². The van der Waals surface area contributed by atoms with Crippen molar-refractivity contribution < 1.29 is 22.7 Å². The monoisotopic (exact) mass is 552 g/mol.